The number of rotatable bonds is 3. The van der Waals surface area contributed by atoms with Crippen molar-refractivity contribution in [2.45, 2.75) is 19.9 Å². The van der Waals surface area contributed by atoms with E-state index in [1.54, 1.807) is 11.3 Å². The van der Waals surface area contributed by atoms with Crippen LogP contribution in [0.4, 0.5) is 0 Å². The van der Waals surface area contributed by atoms with E-state index in [1.807, 2.05) is 31.4 Å². The molecule has 0 saturated heterocycles. The summed E-state index contributed by atoms with van der Waals surface area (Å²) >= 11 is 1.75. The predicted octanol–water partition coefficient (Wildman–Crippen LogP) is 3.95. The van der Waals surface area contributed by atoms with Crippen molar-refractivity contribution in [1.29, 1.82) is 0 Å². The second kappa shape index (κ2) is 5.31. The smallest absolute Gasteiger partial charge is 0.0905 e. The van der Waals surface area contributed by atoms with E-state index in [-0.39, 0.29) is 0 Å². The molecule has 2 heterocycles. The van der Waals surface area contributed by atoms with Gasteiger partial charge in [0, 0.05) is 28.1 Å². The average molecular weight is 283 g/mol. The van der Waals surface area contributed by atoms with Crippen LogP contribution in [-0.2, 0) is 0 Å². The first-order valence-electron chi connectivity index (χ1n) is 6.69. The lowest BCUT2D eigenvalue weighted by Crippen LogP contribution is -2.11. The molecule has 0 amide bonds. The summed E-state index contributed by atoms with van der Waals surface area (Å²) in [6.07, 6.45) is 1.92. The summed E-state index contributed by atoms with van der Waals surface area (Å²) in [6.45, 7) is 4.21. The zero-order valence-electron chi connectivity index (χ0n) is 11.8. The van der Waals surface area contributed by atoms with E-state index in [2.05, 4.69) is 36.3 Å². The molecule has 0 fully saturated rings. The van der Waals surface area contributed by atoms with Gasteiger partial charge in [-0.05, 0) is 33.0 Å². The summed E-state index contributed by atoms with van der Waals surface area (Å²) in [6, 6.07) is 10.6. The lowest BCUT2D eigenvalue weighted by molar-refractivity contribution is 0.664. The highest BCUT2D eigenvalue weighted by Gasteiger charge is 2.16. The Bertz CT molecular complexity index is 748. The van der Waals surface area contributed by atoms with Gasteiger partial charge >= 0.3 is 0 Å². The molecule has 0 bridgehead atoms. The van der Waals surface area contributed by atoms with Gasteiger partial charge in [-0.3, -0.25) is 4.98 Å². The fraction of sp³-hybridized carbons (Fsp3) is 0.250. The maximum atomic E-state index is 4.70. The molecule has 0 spiro atoms. The van der Waals surface area contributed by atoms with Gasteiger partial charge < -0.3 is 5.32 Å². The van der Waals surface area contributed by atoms with Crippen molar-refractivity contribution >= 4 is 22.2 Å². The zero-order chi connectivity index (χ0) is 14.1. The molecule has 2 aromatic heterocycles. The number of para-hydroxylation sites is 1. The summed E-state index contributed by atoms with van der Waals surface area (Å²) in [7, 11) is 1.97. The van der Waals surface area contributed by atoms with Gasteiger partial charge in [0.15, 0.2) is 0 Å². The molecule has 1 aromatic carbocycles. The number of aromatic nitrogens is 2. The molecule has 3 aromatic rings. The van der Waals surface area contributed by atoms with E-state index >= 15 is 0 Å². The Kier molecular flexibility index (Phi) is 3.51. The Balaban J connectivity index is 2.15. The van der Waals surface area contributed by atoms with Gasteiger partial charge in [0.05, 0.1) is 16.2 Å². The Labute approximate surface area is 122 Å². The van der Waals surface area contributed by atoms with E-state index < -0.39 is 0 Å². The summed E-state index contributed by atoms with van der Waals surface area (Å²) in [5, 5.41) is 5.53. The van der Waals surface area contributed by atoms with E-state index in [0.29, 0.717) is 6.04 Å². The van der Waals surface area contributed by atoms with Crippen LogP contribution in [0.5, 0.6) is 0 Å². The predicted molar refractivity (Wildman–Crippen MR) is 85.1 cm³/mol. The third-order valence-electron chi connectivity index (χ3n) is 3.45. The van der Waals surface area contributed by atoms with Crippen LogP contribution in [0.15, 0.2) is 36.5 Å². The molecule has 0 aliphatic heterocycles. The van der Waals surface area contributed by atoms with Crippen molar-refractivity contribution in [3.8, 4) is 11.3 Å². The molecule has 1 unspecified atom stereocenters. The Morgan fingerprint density at radius 2 is 2.05 bits per heavy atom. The molecule has 0 radical (unpaired) electrons. The third-order valence-corrected chi connectivity index (χ3v) is 4.60. The van der Waals surface area contributed by atoms with Crippen molar-refractivity contribution < 1.29 is 0 Å². The first-order valence-corrected chi connectivity index (χ1v) is 7.50. The van der Waals surface area contributed by atoms with Crippen LogP contribution in [0.2, 0.25) is 0 Å². The van der Waals surface area contributed by atoms with Gasteiger partial charge in [-0.1, -0.05) is 18.2 Å². The Morgan fingerprint density at radius 1 is 1.25 bits per heavy atom. The molecule has 1 atom stereocenters. The first kappa shape index (κ1) is 13.2. The molecule has 20 heavy (non-hydrogen) atoms. The molecule has 0 saturated carbocycles. The minimum Gasteiger partial charge on any atom is -0.312 e. The van der Waals surface area contributed by atoms with Gasteiger partial charge in [0.25, 0.3) is 0 Å². The molecular formula is C16H17N3S. The number of hydrogen-bond acceptors (Lipinski definition) is 4. The number of hydrogen-bond donors (Lipinski definition) is 1. The average Bonchev–Trinajstić information content (AvgIpc) is 2.88. The van der Waals surface area contributed by atoms with E-state index in [0.717, 1.165) is 27.2 Å². The van der Waals surface area contributed by atoms with E-state index in [1.165, 1.54) is 4.88 Å². The number of pyridine rings is 1. The van der Waals surface area contributed by atoms with Crippen LogP contribution in [-0.4, -0.2) is 17.0 Å². The number of thiazole rings is 1. The normalized spacial score (nSPS) is 12.8. The number of nitrogens with one attached hydrogen (secondary N) is 1. The van der Waals surface area contributed by atoms with Crippen molar-refractivity contribution in [2.24, 2.45) is 0 Å². The largest absolute Gasteiger partial charge is 0.312 e. The third kappa shape index (κ3) is 2.32. The minimum atomic E-state index is 0.294. The van der Waals surface area contributed by atoms with Crippen molar-refractivity contribution in [3.63, 3.8) is 0 Å². The van der Waals surface area contributed by atoms with Crippen LogP contribution in [0.1, 0.15) is 22.9 Å². The fourth-order valence-corrected chi connectivity index (χ4v) is 3.28. The van der Waals surface area contributed by atoms with E-state index in [4.69, 9.17) is 4.98 Å². The monoisotopic (exact) mass is 283 g/mol. The number of nitrogens with zero attached hydrogens (tertiary/aromatic N) is 2. The van der Waals surface area contributed by atoms with Gasteiger partial charge in [-0.25, -0.2) is 4.98 Å². The van der Waals surface area contributed by atoms with Crippen molar-refractivity contribution in [1.82, 2.24) is 15.3 Å². The second-order valence-electron chi connectivity index (χ2n) is 4.87. The van der Waals surface area contributed by atoms with Crippen molar-refractivity contribution in [2.75, 3.05) is 7.05 Å². The van der Waals surface area contributed by atoms with E-state index in [9.17, 15) is 0 Å². The SMILES string of the molecule is CNC(C)c1sc(C)nc1-c1cnc2ccccc2c1. The zero-order valence-corrected chi connectivity index (χ0v) is 12.7. The van der Waals surface area contributed by atoms with Crippen LogP contribution in [0.3, 0.4) is 0 Å². The van der Waals surface area contributed by atoms with Crippen LogP contribution < -0.4 is 5.32 Å². The molecule has 0 aliphatic carbocycles. The number of benzene rings is 1. The molecule has 102 valence electrons. The summed E-state index contributed by atoms with van der Waals surface area (Å²) in [4.78, 5) is 10.5. The summed E-state index contributed by atoms with van der Waals surface area (Å²) in [5.41, 5.74) is 3.16. The van der Waals surface area contributed by atoms with Gasteiger partial charge in [0.2, 0.25) is 0 Å². The molecule has 0 aliphatic rings. The topological polar surface area (TPSA) is 37.8 Å². The minimum absolute atomic E-state index is 0.294. The Hall–Kier alpha value is -1.78. The van der Waals surface area contributed by atoms with Crippen LogP contribution >= 0.6 is 11.3 Å². The van der Waals surface area contributed by atoms with Crippen molar-refractivity contribution in [3.05, 3.63) is 46.4 Å². The van der Waals surface area contributed by atoms with Crippen LogP contribution in [0.25, 0.3) is 22.2 Å². The lowest BCUT2D eigenvalue weighted by Gasteiger charge is -2.10. The molecule has 1 N–H and O–H groups in total. The molecule has 3 nitrogen and oxygen atoms in total. The number of fused-ring (bicyclic) bond motifs is 1. The maximum Gasteiger partial charge on any atom is 0.0905 e. The molecular weight excluding hydrogens is 266 g/mol. The van der Waals surface area contributed by atoms with Gasteiger partial charge in [-0.15, -0.1) is 11.3 Å². The van der Waals surface area contributed by atoms with Gasteiger partial charge in [0.1, 0.15) is 0 Å². The number of aryl methyl sites for hydroxylation is 1. The highest BCUT2D eigenvalue weighted by atomic mass is 32.1. The standard InChI is InChI=1S/C16H17N3S/c1-10(17-3)16-15(19-11(2)20-16)13-8-12-6-4-5-7-14(12)18-9-13/h4-10,17H,1-3H3. The molecule has 4 heteroatoms. The Morgan fingerprint density at radius 3 is 2.85 bits per heavy atom. The first-order chi connectivity index (χ1) is 9.69. The van der Waals surface area contributed by atoms with Gasteiger partial charge in [-0.2, -0.15) is 0 Å². The maximum absolute atomic E-state index is 4.70. The summed E-state index contributed by atoms with van der Waals surface area (Å²) < 4.78 is 0. The summed E-state index contributed by atoms with van der Waals surface area (Å²) in [5.74, 6) is 0. The van der Waals surface area contributed by atoms with Crippen LogP contribution in [0, 0.1) is 6.92 Å². The fourth-order valence-electron chi connectivity index (χ4n) is 2.27. The highest BCUT2D eigenvalue weighted by molar-refractivity contribution is 7.12. The molecule has 3 rings (SSSR count). The highest BCUT2D eigenvalue weighted by Crippen LogP contribution is 2.33. The quantitative estimate of drug-likeness (QED) is 0.791. The second-order valence-corrected chi connectivity index (χ2v) is 6.11. The lowest BCUT2D eigenvalue weighted by atomic mass is 10.1.